The van der Waals surface area contributed by atoms with Crippen molar-refractivity contribution in [1.82, 2.24) is 9.80 Å². The van der Waals surface area contributed by atoms with Crippen molar-refractivity contribution in [3.8, 4) is 0 Å². The zero-order valence-electron chi connectivity index (χ0n) is 11.4. The molecule has 0 aromatic carbocycles. The van der Waals surface area contributed by atoms with Crippen LogP contribution in [0.1, 0.15) is 27.2 Å². The van der Waals surface area contributed by atoms with Gasteiger partial charge in [0.1, 0.15) is 0 Å². The highest BCUT2D eigenvalue weighted by Crippen LogP contribution is 2.34. The van der Waals surface area contributed by atoms with Crippen molar-refractivity contribution in [2.45, 2.75) is 38.6 Å². The summed E-state index contributed by atoms with van der Waals surface area (Å²) in [5.74, 6) is -0.211. The van der Waals surface area contributed by atoms with E-state index in [0.717, 1.165) is 5.57 Å². The quantitative estimate of drug-likeness (QED) is 0.726. The number of likely N-dealkylation sites (N-methyl/N-ethyl adjacent to an activating group) is 1. The molecule has 0 aromatic heterocycles. The number of carbonyl (C=O) groups is 1. The Morgan fingerprint density at radius 3 is 2.42 bits per heavy atom. The van der Waals surface area contributed by atoms with Crippen LogP contribution in [0.5, 0.6) is 0 Å². The van der Waals surface area contributed by atoms with Gasteiger partial charge in [0.25, 0.3) is 16.0 Å². The van der Waals surface area contributed by atoms with Crippen molar-refractivity contribution < 1.29 is 17.8 Å². The Hall–Kier alpha value is -1.34. The first-order chi connectivity index (χ1) is 8.64. The normalized spacial score (nSPS) is 28.5. The summed E-state index contributed by atoms with van der Waals surface area (Å²) in [6.45, 7) is 5.19. The standard InChI is InChI=1S/C12H18N2O4S/c1-7-5-10-12(19(16,17)18)13(4)9(3)8(2)11(15)14(10)6-7/h6,10,12H,5H2,1-4H3,(H,16,17,18)/t10-,12-/m0/s1. The fraction of sp³-hybridized carbons (Fsp3) is 0.583. The molecule has 2 aliphatic heterocycles. The molecule has 7 heteroatoms. The van der Waals surface area contributed by atoms with Crippen molar-refractivity contribution in [2.24, 2.45) is 0 Å². The molecule has 2 aliphatic rings. The van der Waals surface area contributed by atoms with Crippen LogP contribution in [0.4, 0.5) is 0 Å². The smallest absolute Gasteiger partial charge is 0.288 e. The molecule has 0 saturated carbocycles. The third-order valence-electron chi connectivity index (χ3n) is 3.89. The summed E-state index contributed by atoms with van der Waals surface area (Å²) >= 11 is 0. The summed E-state index contributed by atoms with van der Waals surface area (Å²) in [6, 6.07) is -0.583. The molecule has 0 saturated heterocycles. The number of allylic oxidation sites excluding steroid dienone is 1. The van der Waals surface area contributed by atoms with Gasteiger partial charge in [-0.2, -0.15) is 8.42 Å². The van der Waals surface area contributed by atoms with E-state index in [1.165, 1.54) is 9.80 Å². The predicted molar refractivity (Wildman–Crippen MR) is 70.5 cm³/mol. The van der Waals surface area contributed by atoms with Gasteiger partial charge in [-0.05, 0) is 27.2 Å². The average Bonchev–Trinajstić information content (AvgIpc) is 2.63. The Morgan fingerprint density at radius 2 is 1.89 bits per heavy atom. The minimum absolute atomic E-state index is 0.211. The first kappa shape index (κ1) is 14.1. The van der Waals surface area contributed by atoms with Crippen molar-refractivity contribution >= 4 is 16.0 Å². The van der Waals surface area contributed by atoms with E-state index in [2.05, 4.69) is 0 Å². The van der Waals surface area contributed by atoms with Crippen LogP contribution >= 0.6 is 0 Å². The van der Waals surface area contributed by atoms with E-state index in [1.807, 2.05) is 6.92 Å². The van der Waals surface area contributed by atoms with Crippen molar-refractivity contribution in [3.05, 3.63) is 23.0 Å². The molecule has 0 spiro atoms. The molecule has 2 atom stereocenters. The van der Waals surface area contributed by atoms with Gasteiger partial charge < -0.3 is 9.80 Å². The molecule has 0 fully saturated rings. The molecular weight excluding hydrogens is 268 g/mol. The van der Waals surface area contributed by atoms with E-state index in [-0.39, 0.29) is 5.91 Å². The summed E-state index contributed by atoms with van der Waals surface area (Å²) in [7, 11) is -2.71. The Morgan fingerprint density at radius 1 is 1.32 bits per heavy atom. The van der Waals surface area contributed by atoms with E-state index in [0.29, 0.717) is 17.7 Å². The summed E-state index contributed by atoms with van der Waals surface area (Å²) in [4.78, 5) is 15.2. The van der Waals surface area contributed by atoms with Crippen LogP contribution < -0.4 is 0 Å². The number of hydrogen-bond donors (Lipinski definition) is 1. The number of fused-ring (bicyclic) bond motifs is 1. The highest BCUT2D eigenvalue weighted by Gasteiger charge is 2.46. The van der Waals surface area contributed by atoms with Crippen LogP contribution in [-0.4, -0.2) is 47.1 Å². The number of hydrogen-bond acceptors (Lipinski definition) is 4. The number of rotatable bonds is 1. The molecule has 1 amide bonds. The van der Waals surface area contributed by atoms with Crippen molar-refractivity contribution in [3.63, 3.8) is 0 Å². The molecule has 0 unspecified atom stereocenters. The first-order valence-electron chi connectivity index (χ1n) is 6.01. The topological polar surface area (TPSA) is 77.9 Å². The number of nitrogens with zero attached hydrogens (tertiary/aromatic N) is 2. The number of amides is 1. The second-order valence-corrected chi connectivity index (χ2v) is 6.70. The fourth-order valence-electron chi connectivity index (χ4n) is 2.72. The van der Waals surface area contributed by atoms with Gasteiger partial charge in [-0.1, -0.05) is 5.57 Å². The molecule has 1 N–H and O–H groups in total. The minimum atomic E-state index is -4.29. The molecule has 0 radical (unpaired) electrons. The molecule has 6 nitrogen and oxygen atoms in total. The van der Waals surface area contributed by atoms with E-state index in [1.54, 1.807) is 27.1 Å². The van der Waals surface area contributed by atoms with Gasteiger partial charge in [-0.3, -0.25) is 9.35 Å². The highest BCUT2D eigenvalue weighted by atomic mass is 32.2. The Kier molecular flexibility index (Phi) is 3.22. The maximum absolute atomic E-state index is 12.3. The monoisotopic (exact) mass is 286 g/mol. The molecule has 2 heterocycles. The molecule has 106 valence electrons. The van der Waals surface area contributed by atoms with Gasteiger partial charge in [-0.15, -0.1) is 0 Å². The van der Waals surface area contributed by atoms with E-state index in [9.17, 15) is 17.8 Å². The molecular formula is C12H18N2O4S. The largest absolute Gasteiger partial charge is 0.358 e. The fourth-order valence-corrected chi connectivity index (χ4v) is 3.90. The van der Waals surface area contributed by atoms with Crippen LogP contribution in [0.3, 0.4) is 0 Å². The lowest BCUT2D eigenvalue weighted by molar-refractivity contribution is -0.125. The van der Waals surface area contributed by atoms with Crippen LogP contribution in [0.25, 0.3) is 0 Å². The van der Waals surface area contributed by atoms with Gasteiger partial charge in [0.05, 0.1) is 6.04 Å². The lowest BCUT2D eigenvalue weighted by Gasteiger charge is -2.33. The second-order valence-electron chi connectivity index (χ2n) is 5.19. The van der Waals surface area contributed by atoms with Gasteiger partial charge in [0.15, 0.2) is 5.37 Å². The minimum Gasteiger partial charge on any atom is -0.358 e. The summed E-state index contributed by atoms with van der Waals surface area (Å²) in [6.07, 6.45) is 2.11. The van der Waals surface area contributed by atoms with Crippen molar-refractivity contribution in [2.75, 3.05) is 7.05 Å². The van der Waals surface area contributed by atoms with E-state index >= 15 is 0 Å². The Balaban J connectivity index is 2.61. The van der Waals surface area contributed by atoms with Crippen LogP contribution in [0, 0.1) is 0 Å². The van der Waals surface area contributed by atoms with Crippen LogP contribution in [0.15, 0.2) is 23.0 Å². The van der Waals surface area contributed by atoms with Crippen LogP contribution in [0.2, 0.25) is 0 Å². The maximum Gasteiger partial charge on any atom is 0.288 e. The van der Waals surface area contributed by atoms with Gasteiger partial charge in [0.2, 0.25) is 0 Å². The van der Waals surface area contributed by atoms with Crippen molar-refractivity contribution in [1.29, 1.82) is 0 Å². The van der Waals surface area contributed by atoms with Gasteiger partial charge >= 0.3 is 0 Å². The second kappa shape index (κ2) is 4.35. The first-order valence-corrected chi connectivity index (χ1v) is 7.51. The SMILES string of the molecule is CC1=CN2C(=O)C(C)=C(C)N(C)[C@@H](S(=O)(=O)O)[C@@H]2C1. The highest BCUT2D eigenvalue weighted by molar-refractivity contribution is 7.86. The predicted octanol–water partition coefficient (Wildman–Crippen LogP) is 0.944. The molecule has 0 aromatic rings. The third kappa shape index (κ3) is 2.17. The molecule has 2 rings (SSSR count). The summed E-state index contributed by atoms with van der Waals surface area (Å²) in [5.41, 5.74) is 1.98. The van der Waals surface area contributed by atoms with E-state index < -0.39 is 21.5 Å². The zero-order valence-corrected chi connectivity index (χ0v) is 12.2. The lowest BCUT2D eigenvalue weighted by Crippen LogP contribution is -2.50. The molecule has 0 aliphatic carbocycles. The summed E-state index contributed by atoms with van der Waals surface area (Å²) in [5, 5.41) is -1.14. The number of carbonyl (C=O) groups excluding carboxylic acids is 1. The zero-order chi connectivity index (χ0) is 14.5. The van der Waals surface area contributed by atoms with E-state index in [4.69, 9.17) is 0 Å². The third-order valence-corrected chi connectivity index (χ3v) is 5.13. The Bertz CT molecular complexity index is 591. The molecule has 19 heavy (non-hydrogen) atoms. The Labute approximate surface area is 113 Å². The molecule has 0 bridgehead atoms. The van der Waals surface area contributed by atoms with Gasteiger partial charge in [-0.25, -0.2) is 0 Å². The average molecular weight is 286 g/mol. The maximum atomic E-state index is 12.3. The summed E-state index contributed by atoms with van der Waals surface area (Å²) < 4.78 is 32.9. The van der Waals surface area contributed by atoms with Gasteiger partial charge in [0, 0.05) is 24.5 Å². The lowest BCUT2D eigenvalue weighted by atomic mass is 10.1. The van der Waals surface area contributed by atoms with Crippen LogP contribution in [-0.2, 0) is 14.9 Å².